The third-order valence-electron chi connectivity index (χ3n) is 4.21. The summed E-state index contributed by atoms with van der Waals surface area (Å²) in [6.45, 7) is 0. The lowest BCUT2D eigenvalue weighted by Crippen LogP contribution is -2.31. The third kappa shape index (κ3) is 4.58. The van der Waals surface area contributed by atoms with Crippen LogP contribution in [0.2, 0.25) is 0 Å². The SMILES string of the molecule is COc1ccc(CC(=O)N[C@@H](CCSC)c2nc3ccccc3[nH]2)cc1. The summed E-state index contributed by atoms with van der Waals surface area (Å²) in [5.74, 6) is 2.53. The Morgan fingerprint density at radius 3 is 2.69 bits per heavy atom. The molecular weight excluding hydrogens is 346 g/mol. The zero-order valence-electron chi connectivity index (χ0n) is 15.0. The molecule has 0 saturated carbocycles. The molecule has 0 bridgehead atoms. The number of benzene rings is 2. The van der Waals surface area contributed by atoms with E-state index in [2.05, 4.69) is 21.5 Å². The van der Waals surface area contributed by atoms with Crippen molar-refractivity contribution in [2.24, 2.45) is 0 Å². The van der Waals surface area contributed by atoms with E-state index in [0.717, 1.165) is 40.3 Å². The quantitative estimate of drug-likeness (QED) is 0.635. The number of imidazole rings is 1. The smallest absolute Gasteiger partial charge is 0.225 e. The third-order valence-corrected chi connectivity index (χ3v) is 4.85. The molecule has 0 saturated heterocycles. The van der Waals surface area contributed by atoms with Crippen molar-refractivity contribution in [3.63, 3.8) is 0 Å². The Morgan fingerprint density at radius 2 is 2.00 bits per heavy atom. The van der Waals surface area contributed by atoms with Gasteiger partial charge in [0.05, 0.1) is 30.6 Å². The molecule has 136 valence electrons. The molecular formula is C20H23N3O2S. The van der Waals surface area contributed by atoms with E-state index in [9.17, 15) is 4.79 Å². The maximum atomic E-state index is 12.5. The summed E-state index contributed by atoms with van der Waals surface area (Å²) in [6.07, 6.45) is 3.23. The molecule has 3 rings (SSSR count). The van der Waals surface area contributed by atoms with E-state index in [1.165, 1.54) is 0 Å². The topological polar surface area (TPSA) is 67.0 Å². The molecule has 0 fully saturated rings. The first-order valence-electron chi connectivity index (χ1n) is 8.55. The molecule has 0 aliphatic heterocycles. The summed E-state index contributed by atoms with van der Waals surface area (Å²) >= 11 is 1.76. The van der Waals surface area contributed by atoms with Crippen LogP contribution in [0.1, 0.15) is 23.9 Å². The average molecular weight is 369 g/mol. The van der Waals surface area contributed by atoms with Crippen molar-refractivity contribution in [1.29, 1.82) is 0 Å². The van der Waals surface area contributed by atoms with Crippen molar-refractivity contribution < 1.29 is 9.53 Å². The van der Waals surface area contributed by atoms with E-state index in [0.29, 0.717) is 6.42 Å². The van der Waals surface area contributed by atoms with Crippen LogP contribution in [-0.4, -0.2) is 35.0 Å². The molecule has 1 heterocycles. The van der Waals surface area contributed by atoms with Crippen molar-refractivity contribution in [2.45, 2.75) is 18.9 Å². The zero-order valence-corrected chi connectivity index (χ0v) is 15.8. The van der Waals surface area contributed by atoms with Crippen molar-refractivity contribution in [3.05, 3.63) is 59.9 Å². The molecule has 3 aromatic rings. The molecule has 0 unspecified atom stereocenters. The van der Waals surface area contributed by atoms with E-state index >= 15 is 0 Å². The molecule has 6 heteroatoms. The van der Waals surface area contributed by atoms with Crippen molar-refractivity contribution in [1.82, 2.24) is 15.3 Å². The second-order valence-electron chi connectivity index (χ2n) is 6.07. The first kappa shape index (κ1) is 18.3. The Balaban J connectivity index is 1.71. The largest absolute Gasteiger partial charge is 0.497 e. The van der Waals surface area contributed by atoms with Gasteiger partial charge in [0.15, 0.2) is 0 Å². The molecule has 1 amide bonds. The second kappa shape index (κ2) is 8.76. The highest BCUT2D eigenvalue weighted by atomic mass is 32.2. The number of hydrogen-bond donors (Lipinski definition) is 2. The Hall–Kier alpha value is -2.47. The number of amides is 1. The van der Waals surface area contributed by atoms with Gasteiger partial charge < -0.3 is 15.0 Å². The predicted molar refractivity (Wildman–Crippen MR) is 107 cm³/mol. The minimum atomic E-state index is -0.124. The van der Waals surface area contributed by atoms with Crippen LogP contribution >= 0.6 is 11.8 Å². The Bertz CT molecular complexity index is 828. The lowest BCUT2D eigenvalue weighted by Gasteiger charge is -2.16. The molecule has 2 aromatic carbocycles. The highest BCUT2D eigenvalue weighted by molar-refractivity contribution is 7.98. The van der Waals surface area contributed by atoms with E-state index < -0.39 is 0 Å². The number of rotatable bonds is 8. The number of ether oxygens (including phenoxy) is 1. The maximum absolute atomic E-state index is 12.5. The van der Waals surface area contributed by atoms with Gasteiger partial charge in [-0.05, 0) is 48.3 Å². The number of methoxy groups -OCH3 is 1. The van der Waals surface area contributed by atoms with Gasteiger partial charge in [0.25, 0.3) is 0 Å². The highest BCUT2D eigenvalue weighted by Gasteiger charge is 2.18. The normalized spacial score (nSPS) is 12.1. The maximum Gasteiger partial charge on any atom is 0.225 e. The lowest BCUT2D eigenvalue weighted by atomic mass is 10.1. The molecule has 0 aliphatic rings. The van der Waals surface area contributed by atoms with Gasteiger partial charge >= 0.3 is 0 Å². The fourth-order valence-electron chi connectivity index (χ4n) is 2.82. The molecule has 0 spiro atoms. The Kier molecular flexibility index (Phi) is 6.17. The fraction of sp³-hybridized carbons (Fsp3) is 0.300. The van der Waals surface area contributed by atoms with Crippen LogP contribution in [0.5, 0.6) is 5.75 Å². The molecule has 5 nitrogen and oxygen atoms in total. The van der Waals surface area contributed by atoms with E-state index in [1.807, 2.05) is 48.5 Å². The monoisotopic (exact) mass is 369 g/mol. The van der Waals surface area contributed by atoms with Crippen LogP contribution in [-0.2, 0) is 11.2 Å². The van der Waals surface area contributed by atoms with E-state index in [1.54, 1.807) is 18.9 Å². The summed E-state index contributed by atoms with van der Waals surface area (Å²) in [5, 5.41) is 3.13. The van der Waals surface area contributed by atoms with Gasteiger partial charge in [-0.1, -0.05) is 24.3 Å². The number of para-hydroxylation sites is 2. The second-order valence-corrected chi connectivity index (χ2v) is 7.05. The van der Waals surface area contributed by atoms with Crippen molar-refractivity contribution in [2.75, 3.05) is 19.1 Å². The van der Waals surface area contributed by atoms with E-state index in [-0.39, 0.29) is 11.9 Å². The van der Waals surface area contributed by atoms with Gasteiger partial charge in [-0.3, -0.25) is 4.79 Å². The molecule has 1 aromatic heterocycles. The first-order chi connectivity index (χ1) is 12.7. The molecule has 2 N–H and O–H groups in total. The van der Waals surface area contributed by atoms with Gasteiger partial charge in [0.1, 0.15) is 11.6 Å². The molecule has 0 radical (unpaired) electrons. The zero-order chi connectivity index (χ0) is 18.4. The van der Waals surface area contributed by atoms with Crippen molar-refractivity contribution in [3.8, 4) is 5.75 Å². The first-order valence-corrected chi connectivity index (χ1v) is 9.95. The number of aromatic nitrogens is 2. The number of hydrogen-bond acceptors (Lipinski definition) is 4. The molecule has 1 atom stereocenters. The number of nitrogens with zero attached hydrogens (tertiary/aromatic N) is 1. The molecule has 0 aliphatic carbocycles. The molecule has 26 heavy (non-hydrogen) atoms. The summed E-state index contributed by atoms with van der Waals surface area (Å²) in [7, 11) is 1.63. The van der Waals surface area contributed by atoms with Crippen LogP contribution in [0, 0.1) is 0 Å². The van der Waals surface area contributed by atoms with Crippen LogP contribution in [0.25, 0.3) is 11.0 Å². The lowest BCUT2D eigenvalue weighted by molar-refractivity contribution is -0.121. The number of carbonyl (C=O) groups is 1. The summed E-state index contributed by atoms with van der Waals surface area (Å²) in [6, 6.07) is 15.3. The van der Waals surface area contributed by atoms with Crippen molar-refractivity contribution >= 4 is 28.7 Å². The van der Waals surface area contributed by atoms with Gasteiger partial charge in [-0.15, -0.1) is 0 Å². The van der Waals surface area contributed by atoms with Gasteiger partial charge in [-0.2, -0.15) is 11.8 Å². The Morgan fingerprint density at radius 1 is 1.23 bits per heavy atom. The van der Waals surface area contributed by atoms with Gasteiger partial charge in [-0.25, -0.2) is 4.98 Å². The number of nitrogens with one attached hydrogen (secondary N) is 2. The number of aromatic amines is 1. The van der Waals surface area contributed by atoms with Gasteiger partial charge in [0, 0.05) is 0 Å². The Labute approximate surface area is 157 Å². The summed E-state index contributed by atoms with van der Waals surface area (Å²) < 4.78 is 5.15. The van der Waals surface area contributed by atoms with Gasteiger partial charge in [0.2, 0.25) is 5.91 Å². The minimum absolute atomic E-state index is 0.0123. The number of fused-ring (bicyclic) bond motifs is 1. The summed E-state index contributed by atoms with van der Waals surface area (Å²) in [4.78, 5) is 20.5. The van der Waals surface area contributed by atoms with E-state index in [4.69, 9.17) is 4.74 Å². The highest BCUT2D eigenvalue weighted by Crippen LogP contribution is 2.20. The fourth-order valence-corrected chi connectivity index (χ4v) is 3.30. The predicted octanol–water partition coefficient (Wildman–Crippen LogP) is 3.72. The summed E-state index contributed by atoms with van der Waals surface area (Å²) in [5.41, 5.74) is 2.86. The standard InChI is InChI=1S/C20H23N3O2S/c1-25-15-9-7-14(8-10-15)13-19(24)21-18(11-12-26-2)20-22-16-5-3-4-6-17(16)23-20/h3-10,18H,11-13H2,1-2H3,(H,21,24)(H,22,23)/t18-/m0/s1. The van der Waals surface area contributed by atoms with Crippen LogP contribution < -0.4 is 10.1 Å². The minimum Gasteiger partial charge on any atom is -0.497 e. The van der Waals surface area contributed by atoms with Crippen LogP contribution in [0.15, 0.2) is 48.5 Å². The average Bonchev–Trinajstić information content (AvgIpc) is 3.09. The van der Waals surface area contributed by atoms with Crippen LogP contribution in [0.3, 0.4) is 0 Å². The number of carbonyl (C=O) groups excluding carboxylic acids is 1. The van der Waals surface area contributed by atoms with Crippen LogP contribution in [0.4, 0.5) is 0 Å². The number of H-pyrrole nitrogens is 1. The number of thioether (sulfide) groups is 1.